The number of rotatable bonds is 1. The van der Waals surface area contributed by atoms with E-state index >= 15 is 0 Å². The van der Waals surface area contributed by atoms with E-state index in [1.165, 1.54) is 17.5 Å². The monoisotopic (exact) mass is 296 g/mol. The second-order valence-electron chi connectivity index (χ2n) is 6.19. The van der Waals surface area contributed by atoms with Gasteiger partial charge in [0.1, 0.15) is 5.75 Å². The van der Waals surface area contributed by atoms with Gasteiger partial charge >= 0.3 is 0 Å². The van der Waals surface area contributed by atoms with Crippen LogP contribution in [0.2, 0.25) is 0 Å². The Morgan fingerprint density at radius 2 is 1.82 bits per heavy atom. The van der Waals surface area contributed by atoms with Gasteiger partial charge in [-0.05, 0) is 35.1 Å². The number of hydrogen-bond acceptors (Lipinski definition) is 1. The SMILES string of the molecule is COc1ccc2c(c1)C(C)(C)C(Br)CC2(C)C. The summed E-state index contributed by atoms with van der Waals surface area (Å²) >= 11 is 3.86. The standard InChI is InChI=1S/C15H21BrO/c1-14(2)9-13(16)15(3,4)12-8-10(17-5)6-7-11(12)14/h6-8,13H,9H2,1-5H3. The van der Waals surface area contributed by atoms with Crippen LogP contribution >= 0.6 is 15.9 Å². The molecule has 94 valence electrons. The number of fused-ring (bicyclic) bond motifs is 1. The Labute approximate surface area is 113 Å². The summed E-state index contributed by atoms with van der Waals surface area (Å²) in [5.74, 6) is 0.953. The van der Waals surface area contributed by atoms with Crippen molar-refractivity contribution >= 4 is 15.9 Å². The van der Waals surface area contributed by atoms with Gasteiger partial charge in [0.25, 0.3) is 0 Å². The van der Waals surface area contributed by atoms with Crippen LogP contribution < -0.4 is 4.74 Å². The smallest absolute Gasteiger partial charge is 0.119 e. The summed E-state index contributed by atoms with van der Waals surface area (Å²) in [6.45, 7) is 9.25. The molecule has 0 fully saturated rings. The van der Waals surface area contributed by atoms with Crippen LogP contribution in [-0.4, -0.2) is 11.9 Å². The van der Waals surface area contributed by atoms with Gasteiger partial charge in [0, 0.05) is 10.2 Å². The molecular formula is C15H21BrO. The molecule has 0 spiro atoms. The summed E-state index contributed by atoms with van der Waals surface area (Å²) in [5, 5.41) is 0. The van der Waals surface area contributed by atoms with Crippen LogP contribution in [0.5, 0.6) is 5.75 Å². The Morgan fingerprint density at radius 1 is 1.18 bits per heavy atom. The Bertz CT molecular complexity index is 435. The highest BCUT2D eigenvalue weighted by atomic mass is 79.9. The topological polar surface area (TPSA) is 9.23 Å². The fourth-order valence-electron chi connectivity index (χ4n) is 2.76. The van der Waals surface area contributed by atoms with Gasteiger partial charge in [-0.3, -0.25) is 0 Å². The predicted octanol–water partition coefficient (Wildman–Crippen LogP) is 4.42. The molecule has 1 aromatic carbocycles. The van der Waals surface area contributed by atoms with Crippen molar-refractivity contribution in [1.82, 2.24) is 0 Å². The summed E-state index contributed by atoms with van der Waals surface area (Å²) in [7, 11) is 1.73. The van der Waals surface area contributed by atoms with Gasteiger partial charge in [0.05, 0.1) is 7.11 Å². The maximum atomic E-state index is 5.36. The summed E-state index contributed by atoms with van der Waals surface area (Å²) in [5.41, 5.74) is 3.25. The van der Waals surface area contributed by atoms with Gasteiger partial charge in [-0.1, -0.05) is 49.7 Å². The average molecular weight is 297 g/mol. The van der Waals surface area contributed by atoms with Crippen LogP contribution in [-0.2, 0) is 10.8 Å². The maximum absolute atomic E-state index is 5.36. The van der Waals surface area contributed by atoms with Gasteiger partial charge < -0.3 is 4.74 Å². The molecule has 0 saturated carbocycles. The van der Waals surface area contributed by atoms with Crippen molar-refractivity contribution < 1.29 is 4.74 Å². The molecule has 1 atom stereocenters. The van der Waals surface area contributed by atoms with Crippen molar-refractivity contribution in [2.75, 3.05) is 7.11 Å². The number of ether oxygens (including phenoxy) is 1. The number of benzene rings is 1. The first-order chi connectivity index (χ1) is 7.79. The first-order valence-electron chi connectivity index (χ1n) is 6.12. The van der Waals surface area contributed by atoms with E-state index in [9.17, 15) is 0 Å². The minimum absolute atomic E-state index is 0.152. The van der Waals surface area contributed by atoms with Gasteiger partial charge in [0.2, 0.25) is 0 Å². The molecule has 1 aliphatic carbocycles. The normalized spacial score (nSPS) is 25.2. The lowest BCUT2D eigenvalue weighted by Gasteiger charge is -2.45. The average Bonchev–Trinajstić information content (AvgIpc) is 2.26. The van der Waals surface area contributed by atoms with Crippen LogP contribution in [0.25, 0.3) is 0 Å². The van der Waals surface area contributed by atoms with Gasteiger partial charge in [-0.15, -0.1) is 0 Å². The van der Waals surface area contributed by atoms with Crippen molar-refractivity contribution in [2.24, 2.45) is 0 Å². The predicted molar refractivity (Wildman–Crippen MR) is 76.4 cm³/mol. The van der Waals surface area contributed by atoms with Crippen LogP contribution in [0.1, 0.15) is 45.2 Å². The largest absolute Gasteiger partial charge is 0.497 e. The zero-order chi connectivity index (χ0) is 12.8. The summed E-state index contributed by atoms with van der Waals surface area (Å²) in [4.78, 5) is 0.504. The fraction of sp³-hybridized carbons (Fsp3) is 0.600. The maximum Gasteiger partial charge on any atom is 0.119 e. The molecule has 1 aliphatic rings. The number of halogens is 1. The number of methoxy groups -OCH3 is 1. The van der Waals surface area contributed by atoms with Crippen molar-refractivity contribution in [3.63, 3.8) is 0 Å². The zero-order valence-corrected chi connectivity index (χ0v) is 12.9. The molecule has 2 heteroatoms. The second kappa shape index (κ2) is 4.01. The summed E-state index contributed by atoms with van der Waals surface area (Å²) < 4.78 is 5.36. The van der Waals surface area contributed by atoms with E-state index in [1.807, 2.05) is 0 Å². The molecule has 0 N–H and O–H groups in total. The Morgan fingerprint density at radius 3 is 2.41 bits per heavy atom. The second-order valence-corrected chi connectivity index (χ2v) is 7.29. The molecule has 0 aromatic heterocycles. The Kier molecular flexibility index (Phi) is 3.05. The third kappa shape index (κ3) is 2.01. The summed E-state index contributed by atoms with van der Waals surface area (Å²) in [6, 6.07) is 6.50. The molecule has 0 bridgehead atoms. The highest BCUT2D eigenvalue weighted by Crippen LogP contribution is 2.49. The van der Waals surface area contributed by atoms with E-state index in [4.69, 9.17) is 4.74 Å². The van der Waals surface area contributed by atoms with E-state index in [-0.39, 0.29) is 10.8 Å². The molecule has 1 aromatic rings. The third-order valence-corrected chi connectivity index (χ3v) is 5.59. The van der Waals surface area contributed by atoms with Gasteiger partial charge in [-0.25, -0.2) is 0 Å². The zero-order valence-electron chi connectivity index (χ0n) is 11.3. The van der Waals surface area contributed by atoms with Gasteiger partial charge in [-0.2, -0.15) is 0 Å². The number of hydrogen-bond donors (Lipinski definition) is 0. The van der Waals surface area contributed by atoms with Crippen LogP contribution in [0.15, 0.2) is 18.2 Å². The van der Waals surface area contributed by atoms with E-state index in [1.54, 1.807) is 7.11 Å². The minimum atomic E-state index is 0.152. The van der Waals surface area contributed by atoms with E-state index in [2.05, 4.69) is 61.8 Å². The highest BCUT2D eigenvalue weighted by Gasteiger charge is 2.42. The molecule has 0 saturated heterocycles. The van der Waals surface area contributed by atoms with Crippen LogP contribution in [0, 0.1) is 0 Å². The van der Waals surface area contributed by atoms with Crippen molar-refractivity contribution in [3.05, 3.63) is 29.3 Å². The molecule has 0 radical (unpaired) electrons. The molecule has 0 aliphatic heterocycles. The van der Waals surface area contributed by atoms with E-state index in [0.717, 1.165) is 5.75 Å². The lowest BCUT2D eigenvalue weighted by Crippen LogP contribution is -2.42. The van der Waals surface area contributed by atoms with Crippen molar-refractivity contribution in [3.8, 4) is 5.75 Å². The van der Waals surface area contributed by atoms with Crippen molar-refractivity contribution in [2.45, 2.75) is 49.8 Å². The van der Waals surface area contributed by atoms with Gasteiger partial charge in [0.15, 0.2) is 0 Å². The molecule has 1 unspecified atom stereocenters. The minimum Gasteiger partial charge on any atom is -0.497 e. The number of alkyl halides is 1. The first kappa shape index (κ1) is 12.9. The molecule has 2 rings (SSSR count). The summed E-state index contributed by atoms with van der Waals surface area (Å²) in [6.07, 6.45) is 1.17. The Balaban J connectivity index is 2.64. The van der Waals surface area contributed by atoms with Crippen LogP contribution in [0.4, 0.5) is 0 Å². The molecule has 0 heterocycles. The van der Waals surface area contributed by atoms with E-state index < -0.39 is 0 Å². The Hall–Kier alpha value is -0.500. The quantitative estimate of drug-likeness (QED) is 0.697. The fourth-order valence-corrected chi connectivity index (χ4v) is 3.81. The first-order valence-corrected chi connectivity index (χ1v) is 7.03. The van der Waals surface area contributed by atoms with E-state index in [0.29, 0.717) is 4.83 Å². The lowest BCUT2D eigenvalue weighted by molar-refractivity contribution is 0.344. The molecule has 17 heavy (non-hydrogen) atoms. The highest BCUT2D eigenvalue weighted by molar-refractivity contribution is 9.09. The molecule has 1 nitrogen and oxygen atoms in total. The van der Waals surface area contributed by atoms with Crippen LogP contribution in [0.3, 0.4) is 0 Å². The van der Waals surface area contributed by atoms with Crippen molar-refractivity contribution in [1.29, 1.82) is 0 Å². The third-order valence-electron chi connectivity index (χ3n) is 4.12. The molecule has 0 amide bonds. The lowest BCUT2D eigenvalue weighted by atomic mass is 9.63. The molecular weight excluding hydrogens is 276 g/mol.